The van der Waals surface area contributed by atoms with E-state index in [9.17, 15) is 0 Å². The maximum atomic E-state index is 5.81. The second-order valence-corrected chi connectivity index (χ2v) is 5.09. The molecule has 0 bridgehead atoms. The molecule has 17 heavy (non-hydrogen) atoms. The Morgan fingerprint density at radius 3 is 2.76 bits per heavy atom. The number of anilines is 1. The van der Waals surface area contributed by atoms with E-state index in [1.165, 1.54) is 0 Å². The zero-order valence-corrected chi connectivity index (χ0v) is 11.9. The Hall–Kier alpha value is -1.14. The summed E-state index contributed by atoms with van der Waals surface area (Å²) in [6.45, 7) is 0. The van der Waals surface area contributed by atoms with Crippen molar-refractivity contribution in [2.24, 2.45) is 0 Å². The number of nitrogens with one attached hydrogen (secondary N) is 1. The first-order valence-electron chi connectivity index (χ1n) is 4.88. The average Bonchev–Trinajstić information content (AvgIpc) is 2.74. The lowest BCUT2D eigenvalue weighted by molar-refractivity contribution is 0.402. The lowest BCUT2D eigenvalue weighted by atomic mass is 10.1. The Labute approximate surface area is 112 Å². The van der Waals surface area contributed by atoms with E-state index in [2.05, 4.69) is 26.1 Å². The number of hydrogen-bond donors (Lipinski definition) is 2. The number of benzene rings is 1. The van der Waals surface area contributed by atoms with Crippen molar-refractivity contribution in [3.8, 4) is 16.9 Å². The first kappa shape index (κ1) is 12.3. The van der Waals surface area contributed by atoms with E-state index in [4.69, 9.17) is 10.5 Å². The number of thioether (sulfide) groups is 1. The number of nitrogens with two attached hydrogens (primary N) is 1. The minimum Gasteiger partial charge on any atom is -0.494 e. The van der Waals surface area contributed by atoms with Crippen LogP contribution < -0.4 is 10.5 Å². The summed E-state index contributed by atoms with van der Waals surface area (Å²) in [5.41, 5.74) is 7.71. The van der Waals surface area contributed by atoms with Gasteiger partial charge in [0.2, 0.25) is 0 Å². The Morgan fingerprint density at radius 1 is 1.47 bits per heavy atom. The minimum absolute atomic E-state index is 0.564. The standard InChI is InChI=1S/C11H12BrN3OS/c1-16-10-8(12)3-6(4-9(10)17-2)7-5-14-15-11(7)13/h3-5H,1-2H3,(H3,13,14,15). The SMILES string of the molecule is COc1c(Br)cc(-c2cn[nH]c2N)cc1SC. The molecular formula is C11H12BrN3OS. The molecule has 2 aromatic rings. The molecule has 6 heteroatoms. The van der Waals surface area contributed by atoms with E-state index < -0.39 is 0 Å². The largest absolute Gasteiger partial charge is 0.494 e. The highest BCUT2D eigenvalue weighted by Gasteiger charge is 2.12. The van der Waals surface area contributed by atoms with Gasteiger partial charge in [0.25, 0.3) is 0 Å². The second kappa shape index (κ2) is 5.01. The predicted molar refractivity (Wildman–Crippen MR) is 74.5 cm³/mol. The fraction of sp³-hybridized carbons (Fsp3) is 0.182. The summed E-state index contributed by atoms with van der Waals surface area (Å²) in [7, 11) is 1.66. The molecule has 2 rings (SSSR count). The Kier molecular flexibility index (Phi) is 3.63. The third-order valence-corrected chi connectivity index (χ3v) is 3.75. The number of aromatic nitrogens is 2. The third-order valence-electron chi connectivity index (χ3n) is 2.41. The van der Waals surface area contributed by atoms with Gasteiger partial charge in [-0.3, -0.25) is 5.10 Å². The van der Waals surface area contributed by atoms with E-state index in [0.29, 0.717) is 5.82 Å². The normalized spacial score (nSPS) is 10.5. The van der Waals surface area contributed by atoms with Crippen LogP contribution in [0.5, 0.6) is 5.75 Å². The van der Waals surface area contributed by atoms with Crippen LogP contribution in [0.25, 0.3) is 11.1 Å². The lowest BCUT2D eigenvalue weighted by Gasteiger charge is -2.11. The molecule has 90 valence electrons. The van der Waals surface area contributed by atoms with E-state index in [0.717, 1.165) is 26.2 Å². The molecule has 0 aliphatic heterocycles. The number of nitrogens with zero attached hydrogens (tertiary/aromatic N) is 1. The highest BCUT2D eigenvalue weighted by molar-refractivity contribution is 9.10. The smallest absolute Gasteiger partial charge is 0.146 e. The summed E-state index contributed by atoms with van der Waals surface area (Å²) < 4.78 is 6.25. The number of aromatic amines is 1. The number of hydrogen-bond acceptors (Lipinski definition) is 4. The van der Waals surface area contributed by atoms with Crippen molar-refractivity contribution in [2.45, 2.75) is 4.90 Å². The van der Waals surface area contributed by atoms with Gasteiger partial charge in [-0.25, -0.2) is 0 Å². The van der Waals surface area contributed by atoms with E-state index in [1.54, 1.807) is 25.1 Å². The molecule has 0 fully saturated rings. The van der Waals surface area contributed by atoms with Crippen LogP contribution in [0, 0.1) is 0 Å². The van der Waals surface area contributed by atoms with Gasteiger partial charge in [0.1, 0.15) is 11.6 Å². The summed E-state index contributed by atoms with van der Waals surface area (Å²) in [6, 6.07) is 4.01. The van der Waals surface area contributed by atoms with Gasteiger partial charge in [0.05, 0.1) is 22.7 Å². The fourth-order valence-corrected chi connectivity index (χ4v) is 2.98. The molecule has 3 N–H and O–H groups in total. The Morgan fingerprint density at radius 2 is 2.24 bits per heavy atom. The van der Waals surface area contributed by atoms with Gasteiger partial charge in [0, 0.05) is 5.56 Å². The average molecular weight is 314 g/mol. The molecule has 0 unspecified atom stereocenters. The van der Waals surface area contributed by atoms with E-state index in [1.807, 2.05) is 18.4 Å². The van der Waals surface area contributed by atoms with Gasteiger partial charge < -0.3 is 10.5 Å². The molecule has 0 radical (unpaired) electrons. The molecule has 0 aliphatic carbocycles. The number of methoxy groups -OCH3 is 1. The second-order valence-electron chi connectivity index (χ2n) is 3.39. The molecule has 1 aromatic heterocycles. The molecule has 1 heterocycles. The number of halogens is 1. The molecule has 1 aromatic carbocycles. The van der Waals surface area contributed by atoms with Crippen molar-refractivity contribution in [2.75, 3.05) is 19.1 Å². The summed E-state index contributed by atoms with van der Waals surface area (Å²) in [6.07, 6.45) is 3.72. The third kappa shape index (κ3) is 2.28. The molecule has 0 saturated heterocycles. The number of H-pyrrole nitrogens is 1. The maximum Gasteiger partial charge on any atom is 0.146 e. The zero-order chi connectivity index (χ0) is 12.4. The number of rotatable bonds is 3. The van der Waals surface area contributed by atoms with Crippen molar-refractivity contribution in [1.82, 2.24) is 10.2 Å². The molecule has 0 aliphatic rings. The molecule has 0 saturated carbocycles. The molecule has 0 amide bonds. The van der Waals surface area contributed by atoms with Crippen molar-refractivity contribution in [3.63, 3.8) is 0 Å². The van der Waals surface area contributed by atoms with Crippen molar-refractivity contribution in [1.29, 1.82) is 0 Å². The maximum absolute atomic E-state index is 5.81. The van der Waals surface area contributed by atoms with Crippen molar-refractivity contribution < 1.29 is 4.74 Å². The summed E-state index contributed by atoms with van der Waals surface area (Å²) >= 11 is 5.12. The fourth-order valence-electron chi connectivity index (χ4n) is 1.60. The Balaban J connectivity index is 2.58. The minimum atomic E-state index is 0.564. The highest BCUT2D eigenvalue weighted by atomic mass is 79.9. The first-order valence-corrected chi connectivity index (χ1v) is 6.90. The predicted octanol–water partition coefficient (Wildman–Crippen LogP) is 3.15. The zero-order valence-electron chi connectivity index (χ0n) is 9.45. The van der Waals surface area contributed by atoms with Gasteiger partial charge in [-0.05, 0) is 39.9 Å². The van der Waals surface area contributed by atoms with Crippen LogP contribution in [0.2, 0.25) is 0 Å². The summed E-state index contributed by atoms with van der Waals surface area (Å²) in [5.74, 6) is 1.40. The van der Waals surface area contributed by atoms with Crippen molar-refractivity contribution in [3.05, 3.63) is 22.8 Å². The van der Waals surface area contributed by atoms with E-state index >= 15 is 0 Å². The van der Waals surface area contributed by atoms with Gasteiger partial charge in [-0.2, -0.15) is 5.10 Å². The van der Waals surface area contributed by atoms with Crippen LogP contribution in [0.4, 0.5) is 5.82 Å². The Bertz CT molecular complexity index is 542. The first-order chi connectivity index (χ1) is 8.17. The van der Waals surface area contributed by atoms with Crippen LogP contribution in [0.3, 0.4) is 0 Å². The topological polar surface area (TPSA) is 63.9 Å². The van der Waals surface area contributed by atoms with Gasteiger partial charge in [-0.1, -0.05) is 0 Å². The number of nitrogen functional groups attached to an aromatic ring is 1. The molecule has 0 spiro atoms. The van der Waals surface area contributed by atoms with E-state index in [-0.39, 0.29) is 0 Å². The van der Waals surface area contributed by atoms with Gasteiger partial charge in [0.15, 0.2) is 0 Å². The van der Waals surface area contributed by atoms with Crippen LogP contribution in [-0.2, 0) is 0 Å². The monoisotopic (exact) mass is 313 g/mol. The molecule has 4 nitrogen and oxygen atoms in total. The molecular weight excluding hydrogens is 302 g/mol. The van der Waals surface area contributed by atoms with Crippen LogP contribution >= 0.6 is 27.7 Å². The molecule has 0 atom stereocenters. The quantitative estimate of drug-likeness (QED) is 0.854. The lowest BCUT2D eigenvalue weighted by Crippen LogP contribution is -1.91. The summed E-state index contributed by atoms with van der Waals surface area (Å²) in [4.78, 5) is 1.05. The van der Waals surface area contributed by atoms with Crippen LogP contribution in [0.1, 0.15) is 0 Å². The van der Waals surface area contributed by atoms with Gasteiger partial charge >= 0.3 is 0 Å². The highest BCUT2D eigenvalue weighted by Crippen LogP contribution is 2.39. The van der Waals surface area contributed by atoms with Crippen molar-refractivity contribution >= 4 is 33.5 Å². The summed E-state index contributed by atoms with van der Waals surface area (Å²) in [5, 5.41) is 6.65. The number of ether oxygens (including phenoxy) is 1. The van der Waals surface area contributed by atoms with Crippen LogP contribution in [-0.4, -0.2) is 23.6 Å². The van der Waals surface area contributed by atoms with Gasteiger partial charge in [-0.15, -0.1) is 11.8 Å². The van der Waals surface area contributed by atoms with Crippen LogP contribution in [0.15, 0.2) is 27.7 Å².